The normalized spacial score (nSPS) is 10.8. The van der Waals surface area contributed by atoms with Gasteiger partial charge in [0.2, 0.25) is 0 Å². The molecule has 32 heavy (non-hydrogen) atoms. The largest absolute Gasteiger partial charge is 0.484 e. The van der Waals surface area contributed by atoms with Gasteiger partial charge >= 0.3 is 12.0 Å². The van der Waals surface area contributed by atoms with Gasteiger partial charge in [0, 0.05) is 0 Å². The summed E-state index contributed by atoms with van der Waals surface area (Å²) in [7, 11) is 0. The summed E-state index contributed by atoms with van der Waals surface area (Å²) in [4.78, 5) is 40.4. The third-order valence-electron chi connectivity index (χ3n) is 4.55. The molecule has 2 rings (SSSR count). The molecule has 0 saturated carbocycles. The van der Waals surface area contributed by atoms with E-state index in [0.29, 0.717) is 22.8 Å². The Bertz CT molecular complexity index is 981. The van der Waals surface area contributed by atoms with Crippen LogP contribution >= 0.6 is 0 Å². The molecule has 1 aromatic heterocycles. The number of carbonyl (C=O) groups is 3. The Labute approximate surface area is 187 Å². The van der Waals surface area contributed by atoms with Gasteiger partial charge in [0.1, 0.15) is 5.75 Å². The maximum Gasteiger partial charge on any atom is 0.340 e. The van der Waals surface area contributed by atoms with Crippen LogP contribution < -0.4 is 20.9 Å². The van der Waals surface area contributed by atoms with E-state index in [-0.39, 0.29) is 24.2 Å². The number of hydrogen-bond donors (Lipinski definition) is 3. The molecule has 2 aromatic rings. The molecular weight excluding hydrogens is 412 g/mol. The van der Waals surface area contributed by atoms with Crippen molar-refractivity contribution in [2.24, 2.45) is 0 Å². The van der Waals surface area contributed by atoms with Gasteiger partial charge < -0.3 is 14.8 Å². The van der Waals surface area contributed by atoms with Crippen LogP contribution in [0, 0.1) is 13.8 Å². The van der Waals surface area contributed by atoms with E-state index in [0.717, 1.165) is 5.56 Å². The summed E-state index contributed by atoms with van der Waals surface area (Å²) >= 11 is 0. The lowest BCUT2D eigenvalue weighted by Crippen LogP contribution is -2.45. The fourth-order valence-corrected chi connectivity index (χ4v) is 2.78. The number of benzene rings is 1. The van der Waals surface area contributed by atoms with Crippen LogP contribution in [0.25, 0.3) is 0 Å². The van der Waals surface area contributed by atoms with Gasteiger partial charge in [-0.3, -0.25) is 15.2 Å². The fourth-order valence-electron chi connectivity index (χ4n) is 2.78. The van der Waals surface area contributed by atoms with Crippen LogP contribution in [0.5, 0.6) is 5.75 Å². The average Bonchev–Trinajstić information content (AvgIpc) is 2.72. The molecule has 0 bridgehead atoms. The maximum atomic E-state index is 12.1. The maximum absolute atomic E-state index is 12.1. The van der Waals surface area contributed by atoms with E-state index in [1.165, 1.54) is 6.07 Å². The molecule has 1 aromatic carbocycles. The SMILES string of the molecule is CCOC(=O)c1cc(NC(=O)NNC(=O)COc2ccc(C(C)(C)C)cc2)c(C)nc1C. The molecular formula is C23H30N4O5. The summed E-state index contributed by atoms with van der Waals surface area (Å²) in [5.74, 6) is -0.515. The summed E-state index contributed by atoms with van der Waals surface area (Å²) in [6, 6.07) is 8.27. The number of aromatic nitrogens is 1. The second kappa shape index (κ2) is 10.6. The van der Waals surface area contributed by atoms with Crippen molar-refractivity contribution < 1.29 is 23.9 Å². The summed E-state index contributed by atoms with van der Waals surface area (Å²) in [6.07, 6.45) is 0. The van der Waals surface area contributed by atoms with Crippen molar-refractivity contribution in [1.29, 1.82) is 0 Å². The topological polar surface area (TPSA) is 119 Å². The van der Waals surface area contributed by atoms with Gasteiger partial charge in [0.05, 0.1) is 29.2 Å². The number of rotatable bonds is 6. The lowest BCUT2D eigenvalue weighted by Gasteiger charge is -2.19. The second-order valence-electron chi connectivity index (χ2n) is 8.17. The summed E-state index contributed by atoms with van der Waals surface area (Å²) in [6.45, 7) is 11.4. The number of aryl methyl sites for hydroxylation is 2. The Morgan fingerprint density at radius 3 is 2.25 bits per heavy atom. The highest BCUT2D eigenvalue weighted by Gasteiger charge is 2.16. The number of esters is 1. The number of nitrogens with one attached hydrogen (secondary N) is 3. The number of ether oxygens (including phenoxy) is 2. The van der Waals surface area contributed by atoms with Gasteiger partial charge in [0.25, 0.3) is 5.91 Å². The van der Waals surface area contributed by atoms with Crippen LogP contribution in [-0.4, -0.2) is 36.1 Å². The molecule has 1 heterocycles. The lowest BCUT2D eigenvalue weighted by atomic mass is 9.87. The first-order valence-corrected chi connectivity index (χ1v) is 10.3. The zero-order chi connectivity index (χ0) is 23.9. The highest BCUT2D eigenvalue weighted by molar-refractivity contribution is 5.95. The zero-order valence-electron chi connectivity index (χ0n) is 19.3. The molecule has 9 nitrogen and oxygen atoms in total. The minimum Gasteiger partial charge on any atom is -0.484 e. The van der Waals surface area contributed by atoms with Crippen molar-refractivity contribution in [3.05, 3.63) is 52.8 Å². The first-order chi connectivity index (χ1) is 15.0. The molecule has 0 aliphatic heterocycles. The minimum atomic E-state index is -0.698. The Hall–Kier alpha value is -3.62. The van der Waals surface area contributed by atoms with E-state index in [4.69, 9.17) is 9.47 Å². The number of hydrazine groups is 1. The smallest absolute Gasteiger partial charge is 0.340 e. The van der Waals surface area contributed by atoms with Gasteiger partial charge in [-0.25, -0.2) is 15.0 Å². The number of carbonyl (C=O) groups excluding carboxylic acids is 3. The number of pyridine rings is 1. The summed E-state index contributed by atoms with van der Waals surface area (Å²) in [5.41, 5.74) is 7.25. The van der Waals surface area contributed by atoms with Gasteiger partial charge in [-0.05, 0) is 49.9 Å². The number of urea groups is 1. The van der Waals surface area contributed by atoms with E-state index in [9.17, 15) is 14.4 Å². The van der Waals surface area contributed by atoms with Crippen LogP contribution in [0.3, 0.4) is 0 Å². The quantitative estimate of drug-likeness (QED) is 0.466. The van der Waals surface area contributed by atoms with Crippen LogP contribution in [-0.2, 0) is 14.9 Å². The van der Waals surface area contributed by atoms with Crippen molar-refractivity contribution in [3.63, 3.8) is 0 Å². The Kier molecular flexibility index (Phi) is 8.17. The molecule has 0 unspecified atom stereocenters. The van der Waals surface area contributed by atoms with Crippen molar-refractivity contribution >= 4 is 23.6 Å². The van der Waals surface area contributed by atoms with Crippen LogP contribution in [0.2, 0.25) is 0 Å². The highest BCUT2D eigenvalue weighted by atomic mass is 16.5. The van der Waals surface area contributed by atoms with Crippen molar-refractivity contribution in [2.45, 2.75) is 47.0 Å². The average molecular weight is 443 g/mol. The third-order valence-corrected chi connectivity index (χ3v) is 4.55. The predicted molar refractivity (Wildman–Crippen MR) is 121 cm³/mol. The van der Waals surface area contributed by atoms with E-state index in [1.54, 1.807) is 32.9 Å². The Morgan fingerprint density at radius 1 is 1.00 bits per heavy atom. The third kappa shape index (κ3) is 6.97. The van der Waals surface area contributed by atoms with Crippen LogP contribution in [0.15, 0.2) is 30.3 Å². The molecule has 0 atom stereocenters. The number of nitrogens with zero attached hydrogens (tertiary/aromatic N) is 1. The van der Waals surface area contributed by atoms with Gasteiger partial charge in [-0.2, -0.15) is 0 Å². The van der Waals surface area contributed by atoms with E-state index < -0.39 is 17.9 Å². The lowest BCUT2D eigenvalue weighted by molar-refractivity contribution is -0.123. The molecule has 172 valence electrons. The standard InChI is InChI=1S/C23H30N4O5/c1-7-31-21(29)18-12-19(15(3)24-14(18)2)25-22(30)27-26-20(28)13-32-17-10-8-16(9-11-17)23(4,5)6/h8-12H,7,13H2,1-6H3,(H,26,28)(H2,25,27,30). The van der Waals surface area contributed by atoms with Crippen LogP contribution in [0.4, 0.5) is 10.5 Å². The van der Waals surface area contributed by atoms with Gasteiger partial charge in [-0.1, -0.05) is 32.9 Å². The van der Waals surface area contributed by atoms with Gasteiger partial charge in [0.15, 0.2) is 6.61 Å². The zero-order valence-corrected chi connectivity index (χ0v) is 19.3. The first-order valence-electron chi connectivity index (χ1n) is 10.3. The van der Waals surface area contributed by atoms with Crippen molar-refractivity contribution in [2.75, 3.05) is 18.5 Å². The molecule has 0 fully saturated rings. The molecule has 0 radical (unpaired) electrons. The number of anilines is 1. The molecule has 9 heteroatoms. The van der Waals surface area contributed by atoms with E-state index in [1.807, 2.05) is 12.1 Å². The highest BCUT2D eigenvalue weighted by Crippen LogP contribution is 2.24. The number of amides is 3. The predicted octanol–water partition coefficient (Wildman–Crippen LogP) is 3.40. The molecule has 0 aliphatic rings. The fraction of sp³-hybridized carbons (Fsp3) is 0.391. The molecule has 3 N–H and O–H groups in total. The van der Waals surface area contributed by atoms with Crippen LogP contribution in [0.1, 0.15) is 55.0 Å². The first kappa shape index (κ1) is 24.6. The molecule has 0 spiro atoms. The molecule has 0 saturated heterocycles. The monoisotopic (exact) mass is 442 g/mol. The summed E-state index contributed by atoms with van der Waals surface area (Å²) < 4.78 is 10.4. The summed E-state index contributed by atoms with van der Waals surface area (Å²) in [5, 5.41) is 2.55. The Balaban J connectivity index is 1.87. The molecule has 3 amide bonds. The Morgan fingerprint density at radius 2 is 1.66 bits per heavy atom. The van der Waals surface area contributed by atoms with Gasteiger partial charge in [-0.15, -0.1) is 0 Å². The van der Waals surface area contributed by atoms with Crippen molar-refractivity contribution in [3.8, 4) is 5.75 Å². The van der Waals surface area contributed by atoms with E-state index in [2.05, 4.69) is 41.9 Å². The van der Waals surface area contributed by atoms with Crippen molar-refractivity contribution in [1.82, 2.24) is 15.8 Å². The number of hydrogen-bond acceptors (Lipinski definition) is 6. The van der Waals surface area contributed by atoms with E-state index >= 15 is 0 Å². The second-order valence-corrected chi connectivity index (χ2v) is 8.17. The minimum absolute atomic E-state index is 0.0234. The molecule has 0 aliphatic carbocycles.